The van der Waals surface area contributed by atoms with Gasteiger partial charge in [0, 0.05) is 0 Å². The predicted molar refractivity (Wildman–Crippen MR) is 82.5 cm³/mol. The SMILES string of the molecule is CC[Si](CC)=[Zr]([Cl])[Cl].c1cc[cH-]c1.c1cc[cH-]c1. The number of hydrogen-bond acceptors (Lipinski definition) is 0. The molecule has 0 heterocycles. The van der Waals surface area contributed by atoms with Gasteiger partial charge < -0.3 is 0 Å². The fraction of sp³-hybridized carbons (Fsp3) is 0.286. The largest absolute Gasteiger partial charge is 0.214 e. The van der Waals surface area contributed by atoms with Gasteiger partial charge in [0.25, 0.3) is 0 Å². The first kappa shape index (κ1) is 18.4. The van der Waals surface area contributed by atoms with E-state index >= 15 is 0 Å². The van der Waals surface area contributed by atoms with Crippen molar-refractivity contribution in [2.75, 3.05) is 0 Å². The van der Waals surface area contributed by atoms with Gasteiger partial charge in [0.05, 0.1) is 0 Å². The molecular formula is C14H20Cl2SiZr-2. The molecule has 18 heavy (non-hydrogen) atoms. The molecular weight excluding hydrogens is 358 g/mol. The van der Waals surface area contributed by atoms with Crippen LogP contribution in [0.15, 0.2) is 60.7 Å². The van der Waals surface area contributed by atoms with Crippen molar-refractivity contribution in [2.45, 2.75) is 25.9 Å². The van der Waals surface area contributed by atoms with E-state index in [1.54, 1.807) is 0 Å². The molecule has 0 atom stereocenters. The van der Waals surface area contributed by atoms with Crippen molar-refractivity contribution in [1.82, 2.24) is 0 Å². The molecule has 0 radical (unpaired) electrons. The smallest absolute Gasteiger partial charge is 0.172 e. The maximum atomic E-state index is 5.85. The van der Waals surface area contributed by atoms with Crippen LogP contribution in [-0.4, -0.2) is 5.43 Å². The first-order chi connectivity index (χ1) is 8.72. The third-order valence-electron chi connectivity index (χ3n) is 2.23. The second-order valence-corrected chi connectivity index (χ2v) is 24.9. The van der Waals surface area contributed by atoms with E-state index in [-0.39, 0.29) is 5.43 Å². The summed E-state index contributed by atoms with van der Waals surface area (Å²) in [6.07, 6.45) is 0. The molecule has 0 unspecified atom stereocenters. The molecule has 0 aromatic heterocycles. The summed E-state index contributed by atoms with van der Waals surface area (Å²) in [4.78, 5) is 0. The summed E-state index contributed by atoms with van der Waals surface area (Å²) in [5, 5.41) is 0. The van der Waals surface area contributed by atoms with E-state index in [1.807, 2.05) is 60.7 Å². The van der Waals surface area contributed by atoms with Crippen LogP contribution in [0.2, 0.25) is 12.1 Å². The zero-order valence-corrected chi connectivity index (χ0v) is 15.9. The maximum absolute atomic E-state index is 5.85. The Labute approximate surface area is 126 Å². The van der Waals surface area contributed by atoms with Crippen LogP contribution < -0.4 is 0 Å². The quantitative estimate of drug-likeness (QED) is 0.461. The van der Waals surface area contributed by atoms with Gasteiger partial charge in [0.15, 0.2) is 0 Å². The third-order valence-corrected chi connectivity index (χ3v) is 23.1. The summed E-state index contributed by atoms with van der Waals surface area (Å²) in [6, 6.07) is 22.5. The Bertz CT molecular complexity index is 309. The van der Waals surface area contributed by atoms with E-state index in [0.29, 0.717) is 0 Å². The summed E-state index contributed by atoms with van der Waals surface area (Å²) in [5.74, 6) is 0. The monoisotopic (exact) mass is 376 g/mol. The Balaban J connectivity index is 0.000000250. The molecule has 0 aliphatic rings. The Kier molecular flexibility index (Phi) is 14.1. The van der Waals surface area contributed by atoms with Crippen LogP contribution in [0.4, 0.5) is 0 Å². The molecule has 0 aliphatic heterocycles. The zero-order chi connectivity index (χ0) is 13.6. The van der Waals surface area contributed by atoms with E-state index in [2.05, 4.69) is 13.8 Å². The molecule has 0 fully saturated rings. The summed E-state index contributed by atoms with van der Waals surface area (Å²) in [6.45, 7) is 4.40. The third kappa shape index (κ3) is 11.5. The van der Waals surface area contributed by atoms with Crippen LogP contribution in [0.5, 0.6) is 0 Å². The van der Waals surface area contributed by atoms with Crippen molar-refractivity contribution >= 4 is 22.5 Å². The molecule has 0 bridgehead atoms. The summed E-state index contributed by atoms with van der Waals surface area (Å²) < 4.78 is 0. The van der Waals surface area contributed by atoms with E-state index in [0.717, 1.165) is 0 Å². The summed E-state index contributed by atoms with van der Waals surface area (Å²) >= 11 is -1.72. The maximum Gasteiger partial charge on any atom is -0.172 e. The molecule has 2 aromatic carbocycles. The van der Waals surface area contributed by atoms with Crippen molar-refractivity contribution in [1.29, 1.82) is 0 Å². The molecule has 0 aliphatic carbocycles. The standard InChI is InChI=1S/2C5H5.C4H10Si.2ClH.Zr/c2*1-2-4-5-3-1;1-3-5-4-2;;;/h2*1-5H;3-4H2,1-2H3;2*1H;/q2*-1;;;;+2/p-2. The van der Waals surface area contributed by atoms with E-state index in [1.165, 1.54) is 12.1 Å². The molecule has 4 heteroatoms. The van der Waals surface area contributed by atoms with Crippen LogP contribution in [0.25, 0.3) is 0 Å². The predicted octanol–water partition coefficient (Wildman–Crippen LogP) is 5.75. The van der Waals surface area contributed by atoms with E-state index < -0.39 is 18.0 Å². The average molecular weight is 379 g/mol. The first-order valence-corrected chi connectivity index (χ1v) is 18.0. The van der Waals surface area contributed by atoms with Crippen LogP contribution in [0, 0.1) is 0 Å². The van der Waals surface area contributed by atoms with Gasteiger partial charge in [-0.15, -0.1) is 0 Å². The Morgan fingerprint density at radius 3 is 1.22 bits per heavy atom. The molecule has 2 rings (SSSR count). The van der Waals surface area contributed by atoms with Gasteiger partial charge >= 0.3 is 66.4 Å². The molecule has 0 spiro atoms. The zero-order valence-electron chi connectivity index (χ0n) is 10.9. The minimum atomic E-state index is -1.72. The first-order valence-electron chi connectivity index (χ1n) is 6.08. The molecule has 0 saturated carbocycles. The molecule has 0 N–H and O–H groups in total. The van der Waals surface area contributed by atoms with Crippen molar-refractivity contribution in [3.05, 3.63) is 60.7 Å². The second kappa shape index (κ2) is 13.8. The van der Waals surface area contributed by atoms with Gasteiger partial charge in [-0.05, 0) is 0 Å². The van der Waals surface area contributed by atoms with Gasteiger partial charge in [0.2, 0.25) is 0 Å². The second-order valence-electron chi connectivity index (χ2n) is 3.50. The van der Waals surface area contributed by atoms with Crippen molar-refractivity contribution in [3.63, 3.8) is 0 Å². The number of rotatable bonds is 2. The normalized spacial score (nSPS) is 8.44. The average Bonchev–Trinajstić information content (AvgIpc) is 3.09. The van der Waals surface area contributed by atoms with E-state index in [4.69, 9.17) is 17.0 Å². The molecule has 0 amide bonds. The summed E-state index contributed by atoms with van der Waals surface area (Å²) in [5.41, 5.74) is -0.213. The van der Waals surface area contributed by atoms with Gasteiger partial charge in [-0.3, -0.25) is 0 Å². The number of halogens is 2. The minimum Gasteiger partial charge on any atom is -0.214 e. The Morgan fingerprint density at radius 1 is 0.833 bits per heavy atom. The summed E-state index contributed by atoms with van der Waals surface area (Å²) in [7, 11) is 11.7. The Hall–Kier alpha value is 0.380. The van der Waals surface area contributed by atoms with Gasteiger partial charge in [0.1, 0.15) is 0 Å². The fourth-order valence-corrected chi connectivity index (χ4v) is 15.6. The minimum absolute atomic E-state index is 0.213. The van der Waals surface area contributed by atoms with Crippen LogP contribution in [-0.2, 0) is 18.0 Å². The Morgan fingerprint density at radius 2 is 1.17 bits per heavy atom. The molecule has 100 valence electrons. The van der Waals surface area contributed by atoms with Gasteiger partial charge in [-0.25, -0.2) is 24.3 Å². The topological polar surface area (TPSA) is 0 Å². The van der Waals surface area contributed by atoms with Crippen molar-refractivity contribution in [3.8, 4) is 0 Å². The fourth-order valence-electron chi connectivity index (χ4n) is 1.16. The van der Waals surface area contributed by atoms with Crippen LogP contribution in [0.1, 0.15) is 13.8 Å². The molecule has 0 nitrogen and oxygen atoms in total. The van der Waals surface area contributed by atoms with E-state index in [9.17, 15) is 0 Å². The number of hydrogen-bond donors (Lipinski definition) is 0. The van der Waals surface area contributed by atoms with Crippen molar-refractivity contribution in [2.24, 2.45) is 0 Å². The van der Waals surface area contributed by atoms with Crippen LogP contribution >= 0.6 is 17.0 Å². The molecule has 0 saturated heterocycles. The van der Waals surface area contributed by atoms with Gasteiger partial charge in [-0.1, -0.05) is 0 Å². The van der Waals surface area contributed by atoms with Crippen molar-refractivity contribution < 1.29 is 18.0 Å². The van der Waals surface area contributed by atoms with Gasteiger partial charge in [-0.2, -0.15) is 36.4 Å². The molecule has 2 aromatic rings. The van der Waals surface area contributed by atoms with Crippen LogP contribution in [0.3, 0.4) is 0 Å².